The lowest BCUT2D eigenvalue weighted by Crippen LogP contribution is -2.48. The highest BCUT2D eigenvalue weighted by molar-refractivity contribution is 7.87. The predicted octanol–water partition coefficient (Wildman–Crippen LogP) is 3.23. The lowest BCUT2D eigenvalue weighted by atomic mass is 10.1. The van der Waals surface area contributed by atoms with Crippen molar-refractivity contribution >= 4 is 33.9 Å². The molecule has 2 heterocycles. The first-order chi connectivity index (χ1) is 19.2. The van der Waals surface area contributed by atoms with E-state index in [0.717, 1.165) is 15.5 Å². The third-order valence-electron chi connectivity index (χ3n) is 6.03. The van der Waals surface area contributed by atoms with Gasteiger partial charge in [0.2, 0.25) is 0 Å². The van der Waals surface area contributed by atoms with Crippen molar-refractivity contribution in [3.63, 3.8) is 0 Å². The summed E-state index contributed by atoms with van der Waals surface area (Å²) in [5.74, 6) is -1.58. The van der Waals surface area contributed by atoms with Gasteiger partial charge >= 0.3 is 22.3 Å². The first-order valence-corrected chi connectivity index (χ1v) is 14.4. The second-order valence-corrected chi connectivity index (χ2v) is 12.0. The van der Waals surface area contributed by atoms with E-state index in [1.165, 1.54) is 26.2 Å². The summed E-state index contributed by atoms with van der Waals surface area (Å²) < 4.78 is 70.8. The molecule has 0 aliphatic carbocycles. The van der Waals surface area contributed by atoms with Crippen molar-refractivity contribution in [2.75, 3.05) is 44.9 Å². The highest BCUT2D eigenvalue weighted by atomic mass is 32.2. The Morgan fingerprint density at radius 1 is 1.24 bits per heavy atom. The molecule has 13 nitrogen and oxygen atoms in total. The number of oxazole rings is 1. The van der Waals surface area contributed by atoms with Gasteiger partial charge in [-0.25, -0.2) is 13.9 Å². The molecule has 0 unspecified atom stereocenters. The third-order valence-corrected chi connectivity index (χ3v) is 7.49. The number of aryl methyl sites for hydroxylation is 2. The van der Waals surface area contributed by atoms with Crippen LogP contribution in [0.4, 0.5) is 20.9 Å². The molecule has 1 fully saturated rings. The zero-order valence-corrected chi connectivity index (χ0v) is 25.0. The molecule has 2 aromatic rings. The average Bonchev–Trinajstić information content (AvgIpc) is 3.25. The molecular formula is C26H37FN4O9S. The van der Waals surface area contributed by atoms with Crippen LogP contribution in [-0.4, -0.2) is 87.5 Å². The number of nitrogens with one attached hydrogen (secondary N) is 1. The van der Waals surface area contributed by atoms with Gasteiger partial charge < -0.3 is 23.4 Å². The lowest BCUT2D eigenvalue weighted by molar-refractivity contribution is -0.0777. The number of hydrogen-bond donors (Lipinski definition) is 1. The smallest absolute Gasteiger partial charge is 0.423 e. The van der Waals surface area contributed by atoms with Crippen LogP contribution in [0.1, 0.15) is 49.3 Å². The summed E-state index contributed by atoms with van der Waals surface area (Å²) >= 11 is 0. The molecule has 1 aromatic carbocycles. The summed E-state index contributed by atoms with van der Waals surface area (Å²) in [5.41, 5.74) is -0.510. The van der Waals surface area contributed by atoms with Crippen LogP contribution in [0, 0.1) is 19.7 Å². The van der Waals surface area contributed by atoms with Crippen LogP contribution in [0.25, 0.3) is 0 Å². The van der Waals surface area contributed by atoms with Crippen molar-refractivity contribution in [1.82, 2.24) is 14.0 Å². The zero-order chi connectivity index (χ0) is 30.5. The Kier molecular flexibility index (Phi) is 10.5. The molecular weight excluding hydrogens is 563 g/mol. The van der Waals surface area contributed by atoms with E-state index < -0.39 is 51.5 Å². The Bertz CT molecular complexity index is 1340. The number of halogens is 1. The van der Waals surface area contributed by atoms with Gasteiger partial charge in [0, 0.05) is 26.8 Å². The molecule has 0 spiro atoms. The van der Waals surface area contributed by atoms with Crippen molar-refractivity contribution < 1.29 is 45.8 Å². The number of rotatable bonds is 9. The molecule has 0 radical (unpaired) electrons. The van der Waals surface area contributed by atoms with Gasteiger partial charge in [-0.2, -0.15) is 22.6 Å². The fraction of sp³-hybridized carbons (Fsp3) is 0.577. The Hall–Kier alpha value is -3.11. The maximum Gasteiger partial charge on any atom is 0.423 e. The van der Waals surface area contributed by atoms with Gasteiger partial charge in [0.15, 0.2) is 5.69 Å². The number of amides is 2. The van der Waals surface area contributed by atoms with E-state index in [2.05, 4.69) is 4.98 Å². The highest BCUT2D eigenvalue weighted by Gasteiger charge is 2.36. The van der Waals surface area contributed by atoms with Gasteiger partial charge in [-0.15, -0.1) is 0 Å². The van der Waals surface area contributed by atoms with E-state index in [4.69, 9.17) is 23.4 Å². The van der Waals surface area contributed by atoms with Gasteiger partial charge in [-0.1, -0.05) is 0 Å². The molecule has 2 atom stereocenters. The van der Waals surface area contributed by atoms with Crippen molar-refractivity contribution in [2.45, 2.75) is 59.4 Å². The van der Waals surface area contributed by atoms with Crippen LogP contribution in [-0.2, 0) is 29.2 Å². The van der Waals surface area contributed by atoms with Crippen LogP contribution < -0.4 is 9.62 Å². The van der Waals surface area contributed by atoms with Gasteiger partial charge in [0.25, 0.3) is 5.91 Å². The molecule has 1 aliphatic rings. The number of benzene rings is 1. The minimum absolute atomic E-state index is 0.0369. The van der Waals surface area contributed by atoms with E-state index in [9.17, 15) is 22.4 Å². The summed E-state index contributed by atoms with van der Waals surface area (Å²) in [6, 6.07) is 2.27. The van der Waals surface area contributed by atoms with Crippen molar-refractivity contribution in [3.05, 3.63) is 41.0 Å². The number of methoxy groups -OCH3 is 1. The van der Waals surface area contributed by atoms with E-state index >= 15 is 0 Å². The fourth-order valence-electron chi connectivity index (χ4n) is 3.96. The Balaban J connectivity index is 1.85. The van der Waals surface area contributed by atoms with Gasteiger partial charge in [0.1, 0.15) is 23.8 Å². The normalized spacial score (nSPS) is 18.5. The standard InChI is InChI=1S/C26H37FN4O9S/c1-8-37-15-22-21(36-7)13-30(9-10-38-22)41(34,35)29-23(32)19-14-39-24(28-19)31(25(33)40-26(4,5)6)20-12-16(2)18(27)11-17(20)3/h11-12,14,21-22H,8-10,13,15H2,1-7H3,(H,29,32)/t21-,22+/m0/s1. The molecule has 3 rings (SSSR count). The minimum atomic E-state index is -4.36. The zero-order valence-electron chi connectivity index (χ0n) is 24.2. The maximum atomic E-state index is 14.2. The molecule has 0 bridgehead atoms. The molecule has 15 heteroatoms. The van der Waals surface area contributed by atoms with Crippen LogP contribution in [0.5, 0.6) is 0 Å². The quantitative estimate of drug-likeness (QED) is 0.455. The molecule has 1 aliphatic heterocycles. The number of ether oxygens (including phenoxy) is 4. The summed E-state index contributed by atoms with van der Waals surface area (Å²) in [5, 5.41) is 0. The number of carbonyl (C=O) groups is 2. The van der Waals surface area contributed by atoms with Crippen LogP contribution in [0.2, 0.25) is 0 Å². The predicted molar refractivity (Wildman–Crippen MR) is 146 cm³/mol. The number of anilines is 2. The largest absolute Gasteiger partial charge is 0.443 e. The summed E-state index contributed by atoms with van der Waals surface area (Å²) in [6.07, 6.45) is -1.12. The van der Waals surface area contributed by atoms with Crippen LogP contribution in [0.15, 0.2) is 22.8 Å². The second-order valence-electron chi connectivity index (χ2n) is 10.4. The average molecular weight is 601 g/mol. The monoisotopic (exact) mass is 600 g/mol. The summed E-state index contributed by atoms with van der Waals surface area (Å²) in [6.45, 7) is 10.5. The molecule has 41 heavy (non-hydrogen) atoms. The Morgan fingerprint density at radius 3 is 2.59 bits per heavy atom. The van der Waals surface area contributed by atoms with E-state index in [0.29, 0.717) is 12.2 Å². The first kappa shape index (κ1) is 32.4. The number of hydrogen-bond acceptors (Lipinski definition) is 10. The highest BCUT2D eigenvalue weighted by Crippen LogP contribution is 2.32. The SMILES string of the molecule is CCOC[C@H]1OCCN(S(=O)(=O)NC(=O)c2coc(N(C(=O)OC(C)(C)C)c3cc(C)c(F)cc3C)n2)C[C@@H]1OC. The Morgan fingerprint density at radius 2 is 1.95 bits per heavy atom. The fourth-order valence-corrected chi connectivity index (χ4v) is 5.08. The molecule has 2 amide bonds. The number of carbonyl (C=O) groups excluding carboxylic acids is 2. The van der Waals surface area contributed by atoms with Crippen LogP contribution in [0.3, 0.4) is 0 Å². The van der Waals surface area contributed by atoms with Crippen molar-refractivity contribution in [3.8, 4) is 0 Å². The molecule has 1 aromatic heterocycles. The number of nitrogens with zero attached hydrogens (tertiary/aromatic N) is 3. The van der Waals surface area contributed by atoms with Gasteiger partial charge in [-0.3, -0.25) is 4.79 Å². The number of aromatic nitrogens is 1. The Labute approximate surface area is 239 Å². The van der Waals surface area contributed by atoms with Gasteiger partial charge in [-0.05, 0) is 64.8 Å². The van der Waals surface area contributed by atoms with Crippen molar-refractivity contribution in [1.29, 1.82) is 0 Å². The molecule has 1 N–H and O–H groups in total. The second kappa shape index (κ2) is 13.2. The summed E-state index contributed by atoms with van der Waals surface area (Å²) in [4.78, 5) is 31.2. The van der Waals surface area contributed by atoms with Crippen LogP contribution >= 0.6 is 0 Å². The summed E-state index contributed by atoms with van der Waals surface area (Å²) in [7, 11) is -2.93. The molecule has 1 saturated heterocycles. The first-order valence-electron chi connectivity index (χ1n) is 13.0. The van der Waals surface area contributed by atoms with Crippen molar-refractivity contribution in [2.24, 2.45) is 0 Å². The maximum absolute atomic E-state index is 14.2. The molecule has 228 valence electrons. The lowest BCUT2D eigenvalue weighted by Gasteiger charge is -2.26. The van der Waals surface area contributed by atoms with E-state index in [-0.39, 0.29) is 43.6 Å². The van der Waals surface area contributed by atoms with E-state index in [1.54, 1.807) is 27.7 Å². The topological polar surface area (TPSA) is 150 Å². The van der Waals surface area contributed by atoms with Gasteiger partial charge in [0.05, 0.1) is 25.0 Å². The van der Waals surface area contributed by atoms with E-state index in [1.807, 2.05) is 11.6 Å². The minimum Gasteiger partial charge on any atom is -0.443 e. The molecule has 0 saturated carbocycles. The third kappa shape index (κ3) is 8.23.